The number of imide groups is 1. The third-order valence-corrected chi connectivity index (χ3v) is 4.43. The third kappa shape index (κ3) is 5.82. The summed E-state index contributed by atoms with van der Waals surface area (Å²) < 4.78 is 43.0. The van der Waals surface area contributed by atoms with Crippen molar-refractivity contribution in [1.29, 1.82) is 0 Å². The number of likely N-dealkylation sites (tertiary alicyclic amines) is 1. The maximum Gasteiger partial charge on any atom is 0.416 e. The number of carbonyl (C=O) groups excluding carboxylic acids is 2. The van der Waals surface area contributed by atoms with Crippen LogP contribution in [0.3, 0.4) is 0 Å². The molecule has 0 aliphatic carbocycles. The Morgan fingerprint density at radius 2 is 1.53 bits per heavy atom. The molecule has 158 valence electrons. The molecule has 0 aromatic heterocycles. The summed E-state index contributed by atoms with van der Waals surface area (Å²) in [6, 6.07) is 11.8. The van der Waals surface area contributed by atoms with Crippen LogP contribution in [0.2, 0.25) is 0 Å². The van der Waals surface area contributed by atoms with Crippen LogP contribution in [0.15, 0.2) is 53.7 Å². The van der Waals surface area contributed by atoms with Gasteiger partial charge in [-0.05, 0) is 35.4 Å². The summed E-state index contributed by atoms with van der Waals surface area (Å²) in [6.45, 7) is -0.0361. The molecule has 1 aliphatic heterocycles. The van der Waals surface area contributed by atoms with Gasteiger partial charge in [-0.2, -0.15) is 13.2 Å². The molecule has 0 saturated carbocycles. The van der Waals surface area contributed by atoms with Crippen molar-refractivity contribution in [1.82, 2.24) is 4.90 Å². The Balaban J connectivity index is 1.40. The van der Waals surface area contributed by atoms with Crippen LogP contribution in [0.5, 0.6) is 5.75 Å². The molecular weight excluding hydrogens is 401 g/mol. The number of hydrogen-bond acceptors (Lipinski definition) is 5. The lowest BCUT2D eigenvalue weighted by molar-refractivity contribution is -0.141. The largest absolute Gasteiger partial charge is 0.473 e. The van der Waals surface area contributed by atoms with Crippen molar-refractivity contribution in [2.45, 2.75) is 32.0 Å². The molecule has 0 bridgehead atoms. The standard InChI is InChI=1S/C21H19F3N2O4/c22-21(23,24)17-5-1-16(2-6-17)13-30-25-12-11-15-3-7-18(8-4-15)29-14-26-19(27)9-10-20(26)28/h1-8,12H,9-11,13-14H2. The molecule has 2 aromatic carbocycles. The number of oxime groups is 1. The molecule has 6 nitrogen and oxygen atoms in total. The van der Waals surface area contributed by atoms with E-state index in [0.29, 0.717) is 17.7 Å². The van der Waals surface area contributed by atoms with Gasteiger partial charge in [-0.3, -0.25) is 9.59 Å². The van der Waals surface area contributed by atoms with Gasteiger partial charge in [0.2, 0.25) is 11.8 Å². The van der Waals surface area contributed by atoms with E-state index < -0.39 is 11.7 Å². The highest BCUT2D eigenvalue weighted by Crippen LogP contribution is 2.29. The first-order chi connectivity index (χ1) is 14.3. The van der Waals surface area contributed by atoms with Crippen LogP contribution in [0.4, 0.5) is 13.2 Å². The number of ether oxygens (including phenoxy) is 1. The van der Waals surface area contributed by atoms with Gasteiger partial charge in [0.05, 0.1) is 5.56 Å². The van der Waals surface area contributed by atoms with Crippen LogP contribution in [0.1, 0.15) is 29.5 Å². The molecule has 0 atom stereocenters. The number of nitrogens with zero attached hydrogens (tertiary/aromatic N) is 2. The molecule has 0 spiro atoms. The van der Waals surface area contributed by atoms with Crippen LogP contribution < -0.4 is 4.74 Å². The van der Waals surface area contributed by atoms with Gasteiger partial charge >= 0.3 is 6.18 Å². The molecule has 0 radical (unpaired) electrons. The Bertz CT molecular complexity index is 893. The van der Waals surface area contributed by atoms with Crippen molar-refractivity contribution < 1.29 is 32.3 Å². The Hall–Kier alpha value is -3.36. The zero-order valence-corrected chi connectivity index (χ0v) is 15.9. The lowest BCUT2D eigenvalue weighted by Crippen LogP contribution is -2.32. The predicted molar refractivity (Wildman–Crippen MR) is 101 cm³/mol. The Labute approximate surface area is 170 Å². The summed E-state index contributed by atoms with van der Waals surface area (Å²) in [6.07, 6.45) is -1.89. The Morgan fingerprint density at radius 3 is 2.13 bits per heavy atom. The molecular formula is C21H19F3N2O4. The Kier molecular flexibility index (Phi) is 6.71. The van der Waals surface area contributed by atoms with E-state index >= 15 is 0 Å². The summed E-state index contributed by atoms with van der Waals surface area (Å²) in [7, 11) is 0. The van der Waals surface area contributed by atoms with Gasteiger partial charge in [0.15, 0.2) is 6.73 Å². The van der Waals surface area contributed by atoms with Crippen molar-refractivity contribution in [2.24, 2.45) is 5.16 Å². The summed E-state index contributed by atoms with van der Waals surface area (Å²) in [4.78, 5) is 29.3. The highest BCUT2D eigenvalue weighted by atomic mass is 19.4. The Morgan fingerprint density at radius 1 is 0.933 bits per heavy atom. The number of alkyl halides is 3. The molecule has 2 aromatic rings. The zero-order valence-electron chi connectivity index (χ0n) is 15.9. The quantitative estimate of drug-likeness (QED) is 0.369. The number of rotatable bonds is 8. The molecule has 1 fully saturated rings. The van der Waals surface area contributed by atoms with Crippen LogP contribution in [0.25, 0.3) is 0 Å². The highest BCUT2D eigenvalue weighted by molar-refractivity contribution is 6.01. The SMILES string of the molecule is O=C1CCC(=O)N1COc1ccc(CC=NOCc2ccc(C(F)(F)F)cc2)cc1. The van der Waals surface area contributed by atoms with E-state index in [1.165, 1.54) is 12.1 Å². The fraction of sp³-hybridized carbons (Fsp3) is 0.286. The van der Waals surface area contributed by atoms with E-state index in [9.17, 15) is 22.8 Å². The molecule has 1 heterocycles. The van der Waals surface area contributed by atoms with Crippen molar-refractivity contribution in [2.75, 3.05) is 6.73 Å². The van der Waals surface area contributed by atoms with Crippen molar-refractivity contribution >= 4 is 18.0 Å². The summed E-state index contributed by atoms with van der Waals surface area (Å²) >= 11 is 0. The van der Waals surface area contributed by atoms with E-state index in [0.717, 1.165) is 22.6 Å². The second kappa shape index (κ2) is 9.43. The summed E-state index contributed by atoms with van der Waals surface area (Å²) in [5, 5.41) is 3.80. The van der Waals surface area contributed by atoms with E-state index in [1.807, 2.05) is 12.1 Å². The minimum absolute atomic E-state index is 0.0648. The fourth-order valence-corrected chi connectivity index (χ4v) is 2.72. The zero-order chi connectivity index (χ0) is 21.6. The van der Waals surface area contributed by atoms with E-state index in [4.69, 9.17) is 9.57 Å². The van der Waals surface area contributed by atoms with Gasteiger partial charge in [-0.15, -0.1) is 0 Å². The second-order valence-corrected chi connectivity index (χ2v) is 6.59. The van der Waals surface area contributed by atoms with Crippen LogP contribution in [-0.4, -0.2) is 29.7 Å². The summed E-state index contributed by atoms with van der Waals surface area (Å²) in [5.41, 5.74) is 0.801. The molecule has 3 rings (SSSR count). The first-order valence-electron chi connectivity index (χ1n) is 9.18. The lowest BCUT2D eigenvalue weighted by atomic mass is 10.1. The number of carbonyl (C=O) groups is 2. The first kappa shape index (κ1) is 21.4. The predicted octanol–water partition coefficient (Wildman–Crippen LogP) is 3.94. The minimum atomic E-state index is -4.36. The lowest BCUT2D eigenvalue weighted by Gasteiger charge is -2.14. The number of hydrogen-bond donors (Lipinski definition) is 0. The van der Waals surface area contributed by atoms with E-state index in [-0.39, 0.29) is 38.0 Å². The van der Waals surface area contributed by atoms with Gasteiger partial charge in [-0.1, -0.05) is 29.4 Å². The maximum absolute atomic E-state index is 12.5. The van der Waals surface area contributed by atoms with Gasteiger partial charge in [-0.25, -0.2) is 4.90 Å². The molecule has 1 aliphatic rings. The molecule has 0 unspecified atom stereocenters. The van der Waals surface area contributed by atoms with Gasteiger partial charge < -0.3 is 9.57 Å². The molecule has 2 amide bonds. The summed E-state index contributed by atoms with van der Waals surface area (Å²) in [5.74, 6) is 0.0648. The van der Waals surface area contributed by atoms with Crippen LogP contribution >= 0.6 is 0 Å². The topological polar surface area (TPSA) is 68.2 Å². The fourth-order valence-electron chi connectivity index (χ4n) is 2.72. The third-order valence-electron chi connectivity index (χ3n) is 4.43. The second-order valence-electron chi connectivity index (χ2n) is 6.59. The minimum Gasteiger partial charge on any atom is -0.473 e. The number of halogens is 3. The van der Waals surface area contributed by atoms with Crippen molar-refractivity contribution in [3.63, 3.8) is 0 Å². The average Bonchev–Trinajstić information content (AvgIpc) is 3.04. The molecule has 9 heteroatoms. The monoisotopic (exact) mass is 420 g/mol. The van der Waals surface area contributed by atoms with E-state index in [1.54, 1.807) is 18.3 Å². The normalized spacial score (nSPS) is 14.6. The van der Waals surface area contributed by atoms with Crippen LogP contribution in [0, 0.1) is 0 Å². The van der Waals surface area contributed by atoms with Gasteiger partial charge in [0.1, 0.15) is 12.4 Å². The number of benzene rings is 2. The first-order valence-corrected chi connectivity index (χ1v) is 9.18. The average molecular weight is 420 g/mol. The van der Waals surface area contributed by atoms with Gasteiger partial charge in [0.25, 0.3) is 0 Å². The molecule has 0 N–H and O–H groups in total. The molecule has 30 heavy (non-hydrogen) atoms. The smallest absolute Gasteiger partial charge is 0.416 e. The van der Waals surface area contributed by atoms with Crippen molar-refractivity contribution in [3.05, 3.63) is 65.2 Å². The van der Waals surface area contributed by atoms with Crippen molar-refractivity contribution in [3.8, 4) is 5.75 Å². The van der Waals surface area contributed by atoms with Gasteiger partial charge in [0, 0.05) is 25.5 Å². The number of amides is 2. The highest BCUT2D eigenvalue weighted by Gasteiger charge is 2.30. The maximum atomic E-state index is 12.5. The van der Waals surface area contributed by atoms with Crippen LogP contribution in [-0.2, 0) is 33.6 Å². The molecule has 1 saturated heterocycles. The van der Waals surface area contributed by atoms with E-state index in [2.05, 4.69) is 5.16 Å².